The molecule has 0 fully saturated rings. The van der Waals surface area contributed by atoms with Gasteiger partial charge in [0.2, 0.25) is 0 Å². The maximum absolute atomic E-state index is 11.1. The Morgan fingerprint density at radius 1 is 1.46 bits per heavy atom. The highest BCUT2D eigenvalue weighted by Crippen LogP contribution is 2.17. The van der Waals surface area contributed by atoms with Crippen LogP contribution >= 0.6 is 0 Å². The van der Waals surface area contributed by atoms with E-state index in [4.69, 9.17) is 4.42 Å². The second-order valence-corrected chi connectivity index (χ2v) is 2.88. The zero-order valence-electron chi connectivity index (χ0n) is 7.20. The summed E-state index contributed by atoms with van der Waals surface area (Å²) >= 11 is 0. The predicted octanol–water partition coefficient (Wildman–Crippen LogP) is 1.94. The molecule has 0 aliphatic rings. The van der Waals surface area contributed by atoms with E-state index >= 15 is 0 Å². The highest BCUT2D eigenvalue weighted by atomic mass is 16.3. The smallest absolute Gasteiger partial charge is 0.250 e. The Labute approximate surface area is 75.0 Å². The first kappa shape index (κ1) is 7.86. The number of hydrogen-bond donors (Lipinski definition) is 1. The quantitative estimate of drug-likeness (QED) is 0.719. The van der Waals surface area contributed by atoms with Crippen molar-refractivity contribution in [1.82, 2.24) is 4.98 Å². The summed E-state index contributed by atoms with van der Waals surface area (Å²) in [6.45, 7) is 1.77. The molecule has 3 heteroatoms. The second-order valence-electron chi connectivity index (χ2n) is 2.88. The largest absolute Gasteiger partial charge is 0.464 e. The molecule has 0 unspecified atom stereocenters. The van der Waals surface area contributed by atoms with Gasteiger partial charge in [-0.15, -0.1) is 0 Å². The Kier molecular flexibility index (Phi) is 1.77. The molecule has 0 bridgehead atoms. The Hall–Kier alpha value is -1.77. The van der Waals surface area contributed by atoms with Crippen LogP contribution in [-0.4, -0.2) is 4.98 Å². The summed E-state index contributed by atoms with van der Waals surface area (Å²) in [5.74, 6) is 0.763. The number of H-pyrrole nitrogens is 1. The molecule has 0 aromatic carbocycles. The minimum atomic E-state index is -0.0599. The predicted molar refractivity (Wildman–Crippen MR) is 49.5 cm³/mol. The van der Waals surface area contributed by atoms with E-state index in [1.807, 2.05) is 12.1 Å². The number of aryl methyl sites for hydroxylation is 1. The topological polar surface area (TPSA) is 46.0 Å². The van der Waals surface area contributed by atoms with Crippen LogP contribution in [-0.2, 0) is 0 Å². The molecular formula is C10H9NO2. The molecule has 2 aromatic rings. The van der Waals surface area contributed by atoms with Crippen molar-refractivity contribution in [2.24, 2.45) is 0 Å². The summed E-state index contributed by atoms with van der Waals surface area (Å²) in [4.78, 5) is 13.7. The van der Waals surface area contributed by atoms with Gasteiger partial charge in [0.05, 0.1) is 6.26 Å². The Bertz CT molecular complexity index is 454. The Morgan fingerprint density at radius 2 is 2.31 bits per heavy atom. The van der Waals surface area contributed by atoms with Gasteiger partial charge in [0.1, 0.15) is 5.76 Å². The molecule has 2 heterocycles. The number of pyridine rings is 1. The van der Waals surface area contributed by atoms with Crippen LogP contribution in [0.25, 0.3) is 11.3 Å². The van der Waals surface area contributed by atoms with E-state index in [1.54, 1.807) is 25.5 Å². The molecule has 0 aliphatic carbocycles. The molecule has 0 saturated carbocycles. The molecule has 0 saturated heterocycles. The van der Waals surface area contributed by atoms with Gasteiger partial charge < -0.3 is 9.40 Å². The first-order valence-electron chi connectivity index (χ1n) is 4.00. The lowest BCUT2D eigenvalue weighted by atomic mass is 10.2. The number of hydrogen-bond acceptors (Lipinski definition) is 2. The van der Waals surface area contributed by atoms with Crippen molar-refractivity contribution in [3.05, 3.63) is 46.6 Å². The molecule has 66 valence electrons. The van der Waals surface area contributed by atoms with Gasteiger partial charge in [-0.1, -0.05) is 0 Å². The fraction of sp³-hybridized carbons (Fsp3) is 0.100. The summed E-state index contributed by atoms with van der Waals surface area (Å²) in [6.07, 6.45) is 3.25. The number of rotatable bonds is 1. The molecule has 2 rings (SSSR count). The zero-order valence-corrected chi connectivity index (χ0v) is 7.20. The van der Waals surface area contributed by atoms with Crippen LogP contribution < -0.4 is 5.56 Å². The van der Waals surface area contributed by atoms with Gasteiger partial charge in [0.25, 0.3) is 5.56 Å². The molecule has 0 atom stereocenters. The van der Waals surface area contributed by atoms with Crippen molar-refractivity contribution in [1.29, 1.82) is 0 Å². The Balaban J connectivity index is 2.55. The van der Waals surface area contributed by atoms with Gasteiger partial charge in [0.15, 0.2) is 0 Å². The van der Waals surface area contributed by atoms with Gasteiger partial charge in [-0.3, -0.25) is 4.79 Å². The maximum Gasteiger partial charge on any atom is 0.250 e. The van der Waals surface area contributed by atoms with Crippen LogP contribution in [0.5, 0.6) is 0 Å². The van der Waals surface area contributed by atoms with Crippen LogP contribution in [0.15, 0.2) is 39.9 Å². The summed E-state index contributed by atoms with van der Waals surface area (Å²) in [5.41, 5.74) is 1.52. The average molecular weight is 175 g/mol. The monoisotopic (exact) mass is 175 g/mol. The minimum absolute atomic E-state index is 0.0599. The van der Waals surface area contributed by atoms with Crippen LogP contribution in [0.3, 0.4) is 0 Å². The standard InChI is InChI=1S/C10H9NO2/c1-7-5-8(6-11-10(7)12)9-3-2-4-13-9/h2-6H,1H3,(H,11,12). The number of nitrogens with one attached hydrogen (secondary N) is 1. The zero-order chi connectivity index (χ0) is 9.26. The van der Waals surface area contributed by atoms with Gasteiger partial charge in [-0.25, -0.2) is 0 Å². The molecule has 0 spiro atoms. The van der Waals surface area contributed by atoms with Gasteiger partial charge in [-0.05, 0) is 25.1 Å². The van der Waals surface area contributed by atoms with Gasteiger partial charge in [0, 0.05) is 17.3 Å². The van der Waals surface area contributed by atoms with Gasteiger partial charge in [-0.2, -0.15) is 0 Å². The third-order valence-electron chi connectivity index (χ3n) is 1.89. The second kappa shape index (κ2) is 2.94. The van der Waals surface area contributed by atoms with E-state index in [0.29, 0.717) is 5.56 Å². The highest BCUT2D eigenvalue weighted by molar-refractivity contribution is 5.56. The minimum Gasteiger partial charge on any atom is -0.464 e. The van der Waals surface area contributed by atoms with Crippen LogP contribution in [0.1, 0.15) is 5.56 Å². The van der Waals surface area contributed by atoms with E-state index in [0.717, 1.165) is 11.3 Å². The third-order valence-corrected chi connectivity index (χ3v) is 1.89. The lowest BCUT2D eigenvalue weighted by molar-refractivity contribution is 0.582. The molecule has 1 N–H and O–H groups in total. The third kappa shape index (κ3) is 1.40. The summed E-state index contributed by atoms with van der Waals surface area (Å²) in [5, 5.41) is 0. The van der Waals surface area contributed by atoms with E-state index in [-0.39, 0.29) is 5.56 Å². The van der Waals surface area contributed by atoms with E-state index < -0.39 is 0 Å². The lowest BCUT2D eigenvalue weighted by Crippen LogP contribution is -2.07. The van der Waals surface area contributed by atoms with E-state index in [2.05, 4.69) is 4.98 Å². The maximum atomic E-state index is 11.1. The molecule has 3 nitrogen and oxygen atoms in total. The van der Waals surface area contributed by atoms with E-state index in [1.165, 1.54) is 0 Å². The molecule has 2 aromatic heterocycles. The summed E-state index contributed by atoms with van der Waals surface area (Å²) in [7, 11) is 0. The average Bonchev–Trinajstić information content (AvgIpc) is 2.62. The molecule has 0 aliphatic heterocycles. The summed E-state index contributed by atoms with van der Waals surface area (Å²) < 4.78 is 5.19. The molecular weight excluding hydrogens is 166 g/mol. The normalized spacial score (nSPS) is 10.2. The molecule has 13 heavy (non-hydrogen) atoms. The number of aromatic nitrogens is 1. The van der Waals surface area contributed by atoms with Crippen molar-refractivity contribution in [2.75, 3.05) is 0 Å². The first-order valence-corrected chi connectivity index (χ1v) is 4.00. The molecule has 0 radical (unpaired) electrons. The molecule has 0 amide bonds. The highest BCUT2D eigenvalue weighted by Gasteiger charge is 2.01. The van der Waals surface area contributed by atoms with Crippen molar-refractivity contribution in [3.63, 3.8) is 0 Å². The van der Waals surface area contributed by atoms with Crippen LogP contribution in [0, 0.1) is 6.92 Å². The Morgan fingerprint density at radius 3 is 2.92 bits per heavy atom. The van der Waals surface area contributed by atoms with Crippen LogP contribution in [0.4, 0.5) is 0 Å². The van der Waals surface area contributed by atoms with Crippen molar-refractivity contribution in [2.45, 2.75) is 6.92 Å². The SMILES string of the molecule is Cc1cc(-c2ccco2)c[nH]c1=O. The first-order chi connectivity index (χ1) is 6.27. The van der Waals surface area contributed by atoms with Crippen molar-refractivity contribution in [3.8, 4) is 11.3 Å². The number of aromatic amines is 1. The van der Waals surface area contributed by atoms with Crippen molar-refractivity contribution < 1.29 is 4.42 Å². The fourth-order valence-electron chi connectivity index (χ4n) is 1.18. The van der Waals surface area contributed by atoms with Gasteiger partial charge >= 0.3 is 0 Å². The van der Waals surface area contributed by atoms with Crippen LogP contribution in [0.2, 0.25) is 0 Å². The van der Waals surface area contributed by atoms with Crippen molar-refractivity contribution >= 4 is 0 Å². The lowest BCUT2D eigenvalue weighted by Gasteiger charge is -1.96. The fourth-order valence-corrected chi connectivity index (χ4v) is 1.18. The number of furan rings is 1. The summed E-state index contributed by atoms with van der Waals surface area (Å²) in [6, 6.07) is 5.47. The van der Waals surface area contributed by atoms with E-state index in [9.17, 15) is 4.79 Å².